The molecule has 1 fully saturated rings. The molecule has 0 saturated heterocycles. The summed E-state index contributed by atoms with van der Waals surface area (Å²) in [5, 5.41) is 10.8. The summed E-state index contributed by atoms with van der Waals surface area (Å²) in [6.45, 7) is 1.37. The van der Waals surface area contributed by atoms with Gasteiger partial charge in [-0.25, -0.2) is 0 Å². The van der Waals surface area contributed by atoms with Crippen LogP contribution in [0.4, 0.5) is 0 Å². The fourth-order valence-corrected chi connectivity index (χ4v) is 3.39. The lowest BCUT2D eigenvalue weighted by molar-refractivity contribution is 0.134. The van der Waals surface area contributed by atoms with Gasteiger partial charge in [0.25, 0.3) is 0 Å². The van der Waals surface area contributed by atoms with Gasteiger partial charge in [-0.05, 0) is 46.6 Å². The maximum Gasteiger partial charge on any atom is 0.104 e. The zero-order valence-electron chi connectivity index (χ0n) is 12.1. The minimum atomic E-state index is -0.535. The van der Waals surface area contributed by atoms with Crippen molar-refractivity contribution in [3.63, 3.8) is 0 Å². The van der Waals surface area contributed by atoms with E-state index in [1.807, 2.05) is 12.1 Å². The summed E-state index contributed by atoms with van der Waals surface area (Å²) in [5.74, 6) is 0.633. The van der Waals surface area contributed by atoms with Crippen molar-refractivity contribution in [2.75, 3.05) is 0 Å². The monoisotopic (exact) mass is 280 g/mol. The number of hydrogen-bond donors (Lipinski definition) is 1. The topological polar surface area (TPSA) is 29.5 Å². The first-order valence-electron chi connectivity index (χ1n) is 7.79. The molecule has 2 nitrogen and oxygen atoms in total. The minimum absolute atomic E-state index is 0.535. The van der Waals surface area contributed by atoms with E-state index >= 15 is 0 Å². The molecule has 0 amide bonds. The van der Waals surface area contributed by atoms with Gasteiger partial charge < -0.3 is 9.84 Å². The zero-order chi connectivity index (χ0) is 14.2. The summed E-state index contributed by atoms with van der Waals surface area (Å²) < 4.78 is 5.46. The third-order valence-electron chi connectivity index (χ3n) is 4.90. The van der Waals surface area contributed by atoms with E-state index in [2.05, 4.69) is 30.3 Å². The van der Waals surface area contributed by atoms with Crippen LogP contribution in [-0.2, 0) is 18.0 Å². The molecule has 2 aromatic rings. The van der Waals surface area contributed by atoms with Crippen LogP contribution >= 0.6 is 0 Å². The number of aliphatic hydroxyl groups is 1. The van der Waals surface area contributed by atoms with Crippen LogP contribution in [0.25, 0.3) is 0 Å². The average Bonchev–Trinajstić information content (AvgIpc) is 2.92. The van der Waals surface area contributed by atoms with Crippen molar-refractivity contribution in [3.8, 4) is 0 Å². The number of rotatable bonds is 3. The van der Waals surface area contributed by atoms with E-state index in [0.29, 0.717) is 19.1 Å². The third-order valence-corrected chi connectivity index (χ3v) is 4.90. The first kappa shape index (κ1) is 13.1. The summed E-state index contributed by atoms with van der Waals surface area (Å²) in [6, 6.07) is 14.6. The second-order valence-corrected chi connectivity index (χ2v) is 6.18. The molecule has 2 heteroatoms. The maximum absolute atomic E-state index is 10.8. The van der Waals surface area contributed by atoms with Crippen molar-refractivity contribution in [2.24, 2.45) is 0 Å². The van der Waals surface area contributed by atoms with E-state index < -0.39 is 6.10 Å². The van der Waals surface area contributed by atoms with Crippen LogP contribution in [0.2, 0.25) is 0 Å². The Morgan fingerprint density at radius 3 is 2.62 bits per heavy atom. The molecule has 21 heavy (non-hydrogen) atoms. The maximum atomic E-state index is 10.8. The predicted molar refractivity (Wildman–Crippen MR) is 82.0 cm³/mol. The summed E-state index contributed by atoms with van der Waals surface area (Å²) in [7, 11) is 0. The summed E-state index contributed by atoms with van der Waals surface area (Å²) in [5.41, 5.74) is 5.84. The van der Waals surface area contributed by atoms with Gasteiger partial charge in [0.15, 0.2) is 0 Å². The summed E-state index contributed by atoms with van der Waals surface area (Å²) in [4.78, 5) is 0. The second kappa shape index (κ2) is 5.28. The lowest BCUT2D eigenvalue weighted by atomic mass is 9.77. The molecule has 0 spiro atoms. The van der Waals surface area contributed by atoms with Gasteiger partial charge in [-0.1, -0.05) is 48.9 Å². The van der Waals surface area contributed by atoms with Crippen molar-refractivity contribution in [1.82, 2.24) is 0 Å². The quantitative estimate of drug-likeness (QED) is 0.918. The van der Waals surface area contributed by atoms with E-state index in [1.165, 1.54) is 36.0 Å². The number of fused-ring (bicyclic) bond motifs is 1. The largest absolute Gasteiger partial charge is 0.384 e. The molecule has 108 valence electrons. The molecule has 1 N–H and O–H groups in total. The molecule has 1 unspecified atom stereocenters. The summed E-state index contributed by atoms with van der Waals surface area (Å²) >= 11 is 0. The molecule has 0 bridgehead atoms. The standard InChI is InChI=1S/C19H20O2/c20-19(14-8-9-15-11-21-12-16(15)10-14)18-7-2-1-6-17(18)13-4-3-5-13/h1-2,6-10,13,19-20H,3-5,11-12H2. The smallest absolute Gasteiger partial charge is 0.104 e. The van der Waals surface area contributed by atoms with Crippen molar-refractivity contribution in [2.45, 2.75) is 44.5 Å². The van der Waals surface area contributed by atoms with Crippen molar-refractivity contribution in [3.05, 3.63) is 70.3 Å². The highest BCUT2D eigenvalue weighted by Gasteiger charge is 2.25. The van der Waals surface area contributed by atoms with Crippen LogP contribution in [0.15, 0.2) is 42.5 Å². The number of hydrogen-bond acceptors (Lipinski definition) is 2. The van der Waals surface area contributed by atoms with Gasteiger partial charge in [0, 0.05) is 0 Å². The Bertz CT molecular complexity index is 658. The first-order chi connectivity index (χ1) is 10.3. The van der Waals surface area contributed by atoms with Gasteiger partial charge in [0.1, 0.15) is 6.10 Å². The number of benzene rings is 2. The number of aliphatic hydroxyl groups excluding tert-OH is 1. The lowest BCUT2D eigenvalue weighted by Crippen LogP contribution is -2.13. The van der Waals surface area contributed by atoms with Gasteiger partial charge in [-0.15, -0.1) is 0 Å². The third kappa shape index (κ3) is 2.29. The molecule has 4 rings (SSSR count). The Kier molecular flexibility index (Phi) is 3.28. The van der Waals surface area contributed by atoms with Crippen LogP contribution in [-0.4, -0.2) is 5.11 Å². The first-order valence-corrected chi connectivity index (χ1v) is 7.79. The highest BCUT2D eigenvalue weighted by Crippen LogP contribution is 2.40. The van der Waals surface area contributed by atoms with Gasteiger partial charge >= 0.3 is 0 Å². The molecule has 2 aliphatic rings. The Hall–Kier alpha value is -1.64. The highest BCUT2D eigenvalue weighted by molar-refractivity contribution is 5.41. The SMILES string of the molecule is OC(c1ccc2c(c1)COC2)c1ccccc1C1CCC1. The Morgan fingerprint density at radius 2 is 1.81 bits per heavy atom. The molecule has 1 saturated carbocycles. The van der Waals surface area contributed by atoms with Crippen LogP contribution in [0.1, 0.15) is 59.1 Å². The van der Waals surface area contributed by atoms with Crippen molar-refractivity contribution < 1.29 is 9.84 Å². The number of ether oxygens (including phenoxy) is 1. The van der Waals surface area contributed by atoms with E-state index in [4.69, 9.17) is 4.74 Å². The molecular formula is C19H20O2. The van der Waals surface area contributed by atoms with E-state index in [-0.39, 0.29) is 0 Å². The van der Waals surface area contributed by atoms with Crippen LogP contribution in [0.5, 0.6) is 0 Å². The molecule has 0 aromatic heterocycles. The average molecular weight is 280 g/mol. The Balaban J connectivity index is 1.69. The predicted octanol–water partition coefficient (Wildman–Crippen LogP) is 4.07. The fourth-order valence-electron chi connectivity index (χ4n) is 3.39. The van der Waals surface area contributed by atoms with Gasteiger partial charge in [0.05, 0.1) is 13.2 Å². The summed E-state index contributed by atoms with van der Waals surface area (Å²) in [6.07, 6.45) is 3.28. The minimum Gasteiger partial charge on any atom is -0.384 e. The van der Waals surface area contributed by atoms with E-state index in [1.54, 1.807) is 0 Å². The fraction of sp³-hybridized carbons (Fsp3) is 0.368. The molecular weight excluding hydrogens is 260 g/mol. The van der Waals surface area contributed by atoms with Crippen molar-refractivity contribution in [1.29, 1.82) is 0 Å². The molecule has 1 heterocycles. The Labute approximate surface area is 125 Å². The van der Waals surface area contributed by atoms with E-state index in [9.17, 15) is 5.11 Å². The van der Waals surface area contributed by atoms with Crippen LogP contribution in [0, 0.1) is 0 Å². The second-order valence-electron chi connectivity index (χ2n) is 6.18. The van der Waals surface area contributed by atoms with E-state index in [0.717, 1.165) is 11.1 Å². The molecule has 2 aromatic carbocycles. The Morgan fingerprint density at radius 1 is 1.00 bits per heavy atom. The van der Waals surface area contributed by atoms with Crippen LogP contribution in [0.3, 0.4) is 0 Å². The molecule has 1 aliphatic carbocycles. The molecule has 0 radical (unpaired) electrons. The van der Waals surface area contributed by atoms with Gasteiger partial charge in [-0.2, -0.15) is 0 Å². The van der Waals surface area contributed by atoms with Crippen molar-refractivity contribution >= 4 is 0 Å². The normalized spacial score (nSPS) is 19.1. The highest BCUT2D eigenvalue weighted by atomic mass is 16.5. The molecule has 1 atom stereocenters. The van der Waals surface area contributed by atoms with Gasteiger partial charge in [-0.3, -0.25) is 0 Å². The van der Waals surface area contributed by atoms with Crippen LogP contribution < -0.4 is 0 Å². The van der Waals surface area contributed by atoms with Gasteiger partial charge in [0.2, 0.25) is 0 Å². The lowest BCUT2D eigenvalue weighted by Gasteiger charge is -2.29. The zero-order valence-corrected chi connectivity index (χ0v) is 12.1. The molecule has 1 aliphatic heterocycles.